The molecule has 0 spiro atoms. The number of para-hydroxylation sites is 2. The number of carbonyl (C=O) groups is 2. The molecular weight excluding hydrogens is 769 g/mol. The first-order valence-corrected chi connectivity index (χ1v) is 21.2. The summed E-state index contributed by atoms with van der Waals surface area (Å²) in [6, 6.07) is 53.0. The van der Waals surface area contributed by atoms with E-state index in [1.807, 2.05) is 72.8 Å². The SMILES string of the molecule is CCOC(=O)c1cc(N(Cc2ccccc2)c2ccc3c(c2)c2ccccc2n3CC)c(C(=O)C=C=O)cc1N(Cc1ccccc1)c1ccc2c(c1)c1ccccc1n2CC. The monoisotopic (exact) mass is 814 g/mol. The minimum Gasteiger partial charge on any atom is -0.462 e. The molecule has 2 aromatic heterocycles. The van der Waals surface area contributed by atoms with Crippen molar-refractivity contribution in [3.63, 3.8) is 0 Å². The van der Waals surface area contributed by atoms with Gasteiger partial charge in [-0.05, 0) is 92.6 Å². The van der Waals surface area contributed by atoms with Crippen LogP contribution in [-0.4, -0.2) is 33.4 Å². The molecule has 0 aliphatic rings. The first-order chi connectivity index (χ1) is 30.4. The van der Waals surface area contributed by atoms with E-state index in [0.717, 1.165) is 85.3 Å². The van der Waals surface area contributed by atoms with E-state index >= 15 is 0 Å². The molecule has 0 aliphatic heterocycles. The summed E-state index contributed by atoms with van der Waals surface area (Å²) in [7, 11) is 0. The Labute approximate surface area is 360 Å². The van der Waals surface area contributed by atoms with Crippen LogP contribution in [0.4, 0.5) is 22.7 Å². The second-order valence-corrected chi connectivity index (χ2v) is 15.3. The zero-order valence-electron chi connectivity index (χ0n) is 35.0. The van der Waals surface area contributed by atoms with Gasteiger partial charge in [0.15, 0.2) is 5.78 Å². The zero-order valence-corrected chi connectivity index (χ0v) is 35.0. The summed E-state index contributed by atoms with van der Waals surface area (Å²) >= 11 is 0. The standard InChI is InChI=1S/C54H46N4O4/c1-4-55-47-23-15-13-21-41(47)43-31-39(25-27-49(43)55)57(35-37-17-9-7-10-18-37)51-34-46(54(61)62-6-3)52(33-45(51)53(60)29-30-59)58(36-38-19-11-8-12-20-38)40-26-28-50-44(32-40)42-22-14-16-24-48(42)56(50)5-2/h7-29,31-34H,4-6,35-36H2,1-3H3. The van der Waals surface area contributed by atoms with Crippen LogP contribution in [0.1, 0.15) is 52.6 Å². The maximum Gasteiger partial charge on any atom is 0.340 e. The normalized spacial score (nSPS) is 11.3. The van der Waals surface area contributed by atoms with Crippen LogP contribution in [0.5, 0.6) is 0 Å². The topological polar surface area (TPSA) is 76.8 Å². The van der Waals surface area contributed by atoms with Crippen LogP contribution in [0.25, 0.3) is 43.6 Å². The van der Waals surface area contributed by atoms with Crippen molar-refractivity contribution in [3.8, 4) is 0 Å². The predicted molar refractivity (Wildman–Crippen MR) is 252 cm³/mol. The van der Waals surface area contributed by atoms with Gasteiger partial charge in [-0.2, -0.15) is 0 Å². The minimum absolute atomic E-state index is 0.148. The zero-order chi connectivity index (χ0) is 42.7. The van der Waals surface area contributed by atoms with Crippen molar-refractivity contribution in [2.24, 2.45) is 0 Å². The summed E-state index contributed by atoms with van der Waals surface area (Å²) in [5.41, 5.74) is 9.52. The number of aryl methyl sites for hydroxylation is 2. The Morgan fingerprint density at radius 1 is 0.532 bits per heavy atom. The molecule has 0 N–H and O–H groups in total. The average molecular weight is 815 g/mol. The number of hydrogen-bond donors (Lipinski definition) is 0. The van der Waals surface area contributed by atoms with Crippen LogP contribution in [-0.2, 0) is 35.7 Å². The molecule has 62 heavy (non-hydrogen) atoms. The Balaban J connectivity index is 1.32. The lowest BCUT2D eigenvalue weighted by Crippen LogP contribution is -2.24. The van der Waals surface area contributed by atoms with Gasteiger partial charge in [0.2, 0.25) is 0 Å². The van der Waals surface area contributed by atoms with Crippen molar-refractivity contribution in [3.05, 3.63) is 186 Å². The third-order valence-corrected chi connectivity index (χ3v) is 11.8. The van der Waals surface area contributed by atoms with E-state index in [1.54, 1.807) is 25.0 Å². The Morgan fingerprint density at radius 2 is 0.968 bits per heavy atom. The maximum atomic E-state index is 14.5. The van der Waals surface area contributed by atoms with Crippen LogP contribution in [0, 0.1) is 0 Å². The highest BCUT2D eigenvalue weighted by molar-refractivity contribution is 6.15. The molecule has 8 heteroatoms. The first-order valence-electron chi connectivity index (χ1n) is 21.2. The Morgan fingerprint density at radius 3 is 1.44 bits per heavy atom. The molecule has 0 bridgehead atoms. The van der Waals surface area contributed by atoms with Gasteiger partial charge >= 0.3 is 5.97 Å². The molecule has 0 fully saturated rings. The lowest BCUT2D eigenvalue weighted by atomic mass is 9.98. The summed E-state index contributed by atoms with van der Waals surface area (Å²) in [5, 5.41) is 4.37. The molecule has 8 nitrogen and oxygen atoms in total. The minimum atomic E-state index is -0.533. The molecule has 306 valence electrons. The maximum absolute atomic E-state index is 14.5. The van der Waals surface area contributed by atoms with E-state index in [1.165, 1.54) is 0 Å². The van der Waals surface area contributed by atoms with E-state index in [4.69, 9.17) is 4.74 Å². The molecule has 9 rings (SSSR count). The Hall–Kier alpha value is -7.67. The van der Waals surface area contributed by atoms with Crippen LogP contribution in [0.3, 0.4) is 0 Å². The second kappa shape index (κ2) is 17.1. The molecule has 0 amide bonds. The third-order valence-electron chi connectivity index (χ3n) is 11.8. The number of ketones is 1. The number of esters is 1. The lowest BCUT2D eigenvalue weighted by Gasteiger charge is -2.31. The highest BCUT2D eigenvalue weighted by Gasteiger charge is 2.28. The van der Waals surface area contributed by atoms with E-state index < -0.39 is 11.8 Å². The molecule has 7 aromatic carbocycles. The number of aromatic nitrogens is 2. The third kappa shape index (κ3) is 7.21. The van der Waals surface area contributed by atoms with E-state index in [2.05, 4.69) is 106 Å². The molecule has 2 heterocycles. The molecular formula is C54H46N4O4. The quantitative estimate of drug-likeness (QED) is 0.0471. The van der Waals surface area contributed by atoms with Crippen LogP contribution in [0.15, 0.2) is 164 Å². The van der Waals surface area contributed by atoms with Gasteiger partial charge in [-0.25, -0.2) is 9.59 Å². The summed E-state index contributed by atoms with van der Waals surface area (Å²) in [6.45, 7) is 8.54. The van der Waals surface area contributed by atoms with Gasteiger partial charge in [-0.1, -0.05) is 97.1 Å². The fourth-order valence-corrected chi connectivity index (χ4v) is 8.99. The van der Waals surface area contributed by atoms with Crippen molar-refractivity contribution in [1.29, 1.82) is 0 Å². The van der Waals surface area contributed by atoms with Crippen molar-refractivity contribution < 1.29 is 19.1 Å². The largest absolute Gasteiger partial charge is 0.462 e. The molecule has 0 saturated carbocycles. The van der Waals surface area contributed by atoms with Gasteiger partial charge in [0.25, 0.3) is 0 Å². The van der Waals surface area contributed by atoms with Crippen LogP contribution < -0.4 is 9.80 Å². The fraction of sp³-hybridized carbons (Fsp3) is 0.148. The smallest absolute Gasteiger partial charge is 0.340 e. The highest BCUT2D eigenvalue weighted by atomic mass is 16.5. The number of ether oxygens (including phenoxy) is 1. The lowest BCUT2D eigenvalue weighted by molar-refractivity contribution is 0.0527. The number of carbonyl (C=O) groups excluding carboxylic acids is 3. The van der Waals surface area contributed by atoms with Crippen molar-refractivity contribution in [2.75, 3.05) is 16.4 Å². The summed E-state index contributed by atoms with van der Waals surface area (Å²) in [5.74, 6) is 0.681. The molecule has 0 radical (unpaired) electrons. The summed E-state index contributed by atoms with van der Waals surface area (Å²) < 4.78 is 10.4. The number of rotatable bonds is 14. The van der Waals surface area contributed by atoms with Crippen molar-refractivity contribution in [1.82, 2.24) is 9.13 Å². The van der Waals surface area contributed by atoms with Crippen molar-refractivity contribution in [2.45, 2.75) is 47.0 Å². The molecule has 0 aliphatic carbocycles. The van der Waals surface area contributed by atoms with Gasteiger partial charge in [-0.3, -0.25) is 4.79 Å². The van der Waals surface area contributed by atoms with Crippen molar-refractivity contribution >= 4 is 84.1 Å². The van der Waals surface area contributed by atoms with Gasteiger partial charge in [0, 0.05) is 86.7 Å². The number of hydrogen-bond acceptors (Lipinski definition) is 6. The summed E-state index contributed by atoms with van der Waals surface area (Å²) in [6.07, 6.45) is 0.929. The van der Waals surface area contributed by atoms with Gasteiger partial charge in [-0.15, -0.1) is 0 Å². The number of benzene rings is 7. The Bertz CT molecular complexity index is 3180. The number of allylic oxidation sites excluding steroid dienone is 1. The van der Waals surface area contributed by atoms with Crippen LogP contribution in [0.2, 0.25) is 0 Å². The fourth-order valence-electron chi connectivity index (χ4n) is 8.99. The van der Waals surface area contributed by atoms with E-state index in [0.29, 0.717) is 24.5 Å². The molecule has 0 unspecified atom stereocenters. The molecule has 9 aromatic rings. The predicted octanol–water partition coefficient (Wildman–Crippen LogP) is 12.4. The highest BCUT2D eigenvalue weighted by Crippen LogP contribution is 2.42. The molecule has 0 saturated heterocycles. The number of anilines is 4. The van der Waals surface area contributed by atoms with Gasteiger partial charge < -0.3 is 23.7 Å². The van der Waals surface area contributed by atoms with E-state index in [-0.39, 0.29) is 17.7 Å². The first kappa shape index (κ1) is 39.8. The van der Waals surface area contributed by atoms with E-state index in [9.17, 15) is 14.4 Å². The average Bonchev–Trinajstić information content (AvgIpc) is 3.81. The second-order valence-electron chi connectivity index (χ2n) is 15.3. The Kier molecular flexibility index (Phi) is 11.0. The number of nitrogens with zero attached hydrogens (tertiary/aromatic N) is 4. The molecule has 0 atom stereocenters. The van der Waals surface area contributed by atoms with Crippen LogP contribution >= 0.6 is 0 Å². The number of fused-ring (bicyclic) bond motifs is 6. The van der Waals surface area contributed by atoms with Gasteiger partial charge in [0.1, 0.15) is 5.94 Å². The van der Waals surface area contributed by atoms with Gasteiger partial charge in [0.05, 0.1) is 29.6 Å². The summed E-state index contributed by atoms with van der Waals surface area (Å²) in [4.78, 5) is 45.1.